The van der Waals surface area contributed by atoms with Crippen molar-refractivity contribution in [3.63, 3.8) is 0 Å². The Kier molecular flexibility index (Phi) is 2.83. The van der Waals surface area contributed by atoms with Crippen LogP contribution in [0.2, 0.25) is 0 Å². The molecule has 0 aromatic rings. The number of aliphatic hydroxyl groups is 1. The molecule has 0 atom stereocenters. The van der Waals surface area contributed by atoms with Crippen LogP contribution < -0.4 is 0 Å². The van der Waals surface area contributed by atoms with E-state index in [2.05, 4.69) is 0 Å². The second-order valence-corrected chi connectivity index (χ2v) is 3.72. The Bertz CT molecular complexity index is 250. The largest absolute Gasteiger partial charge is 0.430 e. The highest BCUT2D eigenvalue weighted by Crippen LogP contribution is 2.28. The van der Waals surface area contributed by atoms with E-state index in [1.165, 1.54) is 0 Å². The number of rotatable bonds is 2. The Morgan fingerprint density at radius 2 is 2.31 bits per heavy atom. The lowest BCUT2D eigenvalue weighted by Gasteiger charge is -2.33. The van der Waals surface area contributed by atoms with Gasteiger partial charge in [-0.1, -0.05) is 0 Å². The molecular formula is C8H12ClNO3. The number of halogens is 1. The second-order valence-electron chi connectivity index (χ2n) is 3.39. The van der Waals surface area contributed by atoms with E-state index in [1.807, 2.05) is 0 Å². The zero-order valence-electron chi connectivity index (χ0n) is 7.58. The van der Waals surface area contributed by atoms with Gasteiger partial charge in [-0.15, -0.1) is 0 Å². The molecule has 0 radical (unpaired) electrons. The van der Waals surface area contributed by atoms with E-state index in [0.29, 0.717) is 12.2 Å². The van der Waals surface area contributed by atoms with Gasteiger partial charge in [0.2, 0.25) is 0 Å². The standard InChI is InChI=1S/C8H12ClNO3/c1-8(2)5-6(3-4-11)13-7(12)10(8)9/h5,11H,3-4H2,1-2H3. The lowest BCUT2D eigenvalue weighted by Crippen LogP contribution is -2.43. The maximum atomic E-state index is 11.1. The molecule has 13 heavy (non-hydrogen) atoms. The van der Waals surface area contributed by atoms with Crippen molar-refractivity contribution in [1.82, 2.24) is 4.42 Å². The molecule has 0 spiro atoms. The average Bonchev–Trinajstić information content (AvgIpc) is 2.00. The van der Waals surface area contributed by atoms with Gasteiger partial charge in [-0.05, 0) is 19.9 Å². The van der Waals surface area contributed by atoms with Crippen molar-refractivity contribution >= 4 is 17.9 Å². The van der Waals surface area contributed by atoms with Crippen LogP contribution in [0.15, 0.2) is 11.8 Å². The van der Waals surface area contributed by atoms with E-state index in [4.69, 9.17) is 21.6 Å². The van der Waals surface area contributed by atoms with Gasteiger partial charge in [0.1, 0.15) is 5.76 Å². The maximum absolute atomic E-state index is 11.1. The van der Waals surface area contributed by atoms with E-state index in [1.54, 1.807) is 19.9 Å². The minimum atomic E-state index is -0.599. The number of carbonyl (C=O) groups excluding carboxylic acids is 1. The summed E-state index contributed by atoms with van der Waals surface area (Å²) in [4.78, 5) is 11.1. The predicted molar refractivity (Wildman–Crippen MR) is 48.0 cm³/mol. The van der Waals surface area contributed by atoms with Crippen LogP contribution in [-0.2, 0) is 4.74 Å². The average molecular weight is 206 g/mol. The van der Waals surface area contributed by atoms with E-state index in [0.717, 1.165) is 4.42 Å². The van der Waals surface area contributed by atoms with E-state index in [-0.39, 0.29) is 6.61 Å². The summed E-state index contributed by atoms with van der Waals surface area (Å²) in [5.74, 6) is 0.467. The molecule has 1 aliphatic heterocycles. The number of hydrogen-bond donors (Lipinski definition) is 1. The van der Waals surface area contributed by atoms with Gasteiger partial charge in [-0.25, -0.2) is 9.21 Å². The first-order chi connectivity index (χ1) is 5.97. The van der Waals surface area contributed by atoms with Crippen LogP contribution in [0.4, 0.5) is 4.79 Å². The Morgan fingerprint density at radius 1 is 1.69 bits per heavy atom. The molecule has 0 aliphatic carbocycles. The van der Waals surface area contributed by atoms with Crippen LogP contribution in [0.25, 0.3) is 0 Å². The molecule has 0 saturated carbocycles. The summed E-state index contributed by atoms with van der Waals surface area (Å²) in [5, 5.41) is 8.66. The number of amides is 1. The fourth-order valence-electron chi connectivity index (χ4n) is 1.10. The third-order valence-electron chi connectivity index (χ3n) is 1.76. The van der Waals surface area contributed by atoms with E-state index in [9.17, 15) is 4.79 Å². The molecule has 0 unspecified atom stereocenters. The summed E-state index contributed by atoms with van der Waals surface area (Å²) in [6, 6.07) is 0. The lowest BCUT2D eigenvalue weighted by molar-refractivity contribution is 0.115. The normalized spacial score (nSPS) is 21.1. The molecule has 1 rings (SSSR count). The molecule has 1 N–H and O–H groups in total. The molecule has 4 nitrogen and oxygen atoms in total. The molecule has 1 heterocycles. The van der Waals surface area contributed by atoms with Crippen LogP contribution >= 0.6 is 11.8 Å². The van der Waals surface area contributed by atoms with E-state index >= 15 is 0 Å². The van der Waals surface area contributed by atoms with Crippen LogP contribution in [0.5, 0.6) is 0 Å². The van der Waals surface area contributed by atoms with Gasteiger partial charge in [-0.3, -0.25) is 0 Å². The Balaban J connectivity index is 2.86. The third-order valence-corrected chi connectivity index (χ3v) is 2.33. The minimum absolute atomic E-state index is 0.0442. The Morgan fingerprint density at radius 3 is 2.77 bits per heavy atom. The van der Waals surface area contributed by atoms with Crippen molar-refractivity contribution in [3.05, 3.63) is 11.8 Å². The first kappa shape index (κ1) is 10.3. The molecule has 0 saturated heterocycles. The van der Waals surface area contributed by atoms with Crippen molar-refractivity contribution in [3.8, 4) is 0 Å². The van der Waals surface area contributed by atoms with Crippen LogP contribution in [0.1, 0.15) is 20.3 Å². The highest BCUT2D eigenvalue weighted by Gasteiger charge is 2.34. The smallest absolute Gasteiger partial charge is 0.414 e. The molecule has 1 aliphatic rings. The van der Waals surface area contributed by atoms with Gasteiger partial charge in [0.05, 0.1) is 12.1 Å². The quantitative estimate of drug-likeness (QED) is 0.698. The Hall–Kier alpha value is -0.740. The van der Waals surface area contributed by atoms with Crippen LogP contribution in [-0.4, -0.2) is 27.8 Å². The van der Waals surface area contributed by atoms with Crippen LogP contribution in [0, 0.1) is 0 Å². The highest BCUT2D eigenvalue weighted by atomic mass is 35.5. The van der Waals surface area contributed by atoms with Crippen molar-refractivity contribution in [2.24, 2.45) is 0 Å². The zero-order chi connectivity index (χ0) is 10.1. The molecule has 5 heteroatoms. The summed E-state index contributed by atoms with van der Waals surface area (Å²) in [5.41, 5.74) is -0.568. The molecule has 0 aromatic carbocycles. The van der Waals surface area contributed by atoms with Crippen molar-refractivity contribution in [2.75, 3.05) is 6.61 Å². The fourth-order valence-corrected chi connectivity index (χ4v) is 1.18. The molecule has 0 bridgehead atoms. The SMILES string of the molecule is CC1(C)C=C(CCO)OC(=O)N1Cl. The van der Waals surface area contributed by atoms with Gasteiger partial charge in [-0.2, -0.15) is 0 Å². The van der Waals surface area contributed by atoms with Gasteiger partial charge >= 0.3 is 6.09 Å². The monoisotopic (exact) mass is 205 g/mol. The first-order valence-electron chi connectivity index (χ1n) is 3.98. The molecule has 0 aromatic heterocycles. The zero-order valence-corrected chi connectivity index (χ0v) is 8.34. The van der Waals surface area contributed by atoms with Crippen LogP contribution in [0.3, 0.4) is 0 Å². The first-order valence-corrected chi connectivity index (χ1v) is 4.31. The third kappa shape index (κ3) is 2.14. The lowest BCUT2D eigenvalue weighted by atomic mass is 10.0. The minimum Gasteiger partial charge on any atom is -0.414 e. The summed E-state index contributed by atoms with van der Waals surface area (Å²) in [6.45, 7) is 3.53. The highest BCUT2D eigenvalue weighted by molar-refractivity contribution is 6.21. The van der Waals surface area contributed by atoms with Crippen molar-refractivity contribution < 1.29 is 14.6 Å². The van der Waals surface area contributed by atoms with E-state index < -0.39 is 11.6 Å². The summed E-state index contributed by atoms with van der Waals surface area (Å²) >= 11 is 5.68. The van der Waals surface area contributed by atoms with Gasteiger partial charge < -0.3 is 9.84 Å². The molecular weight excluding hydrogens is 194 g/mol. The molecule has 1 amide bonds. The van der Waals surface area contributed by atoms with Gasteiger partial charge in [0, 0.05) is 18.2 Å². The second kappa shape index (κ2) is 3.55. The Labute approximate surface area is 81.8 Å². The number of carbonyl (C=O) groups is 1. The molecule has 0 fully saturated rings. The summed E-state index contributed by atoms with van der Waals surface area (Å²) in [6.07, 6.45) is 1.45. The number of nitrogens with zero attached hydrogens (tertiary/aromatic N) is 1. The van der Waals surface area contributed by atoms with Crippen molar-refractivity contribution in [1.29, 1.82) is 0 Å². The van der Waals surface area contributed by atoms with Gasteiger partial charge in [0.15, 0.2) is 0 Å². The number of aliphatic hydroxyl groups excluding tert-OH is 1. The summed E-state index contributed by atoms with van der Waals surface area (Å²) in [7, 11) is 0. The summed E-state index contributed by atoms with van der Waals surface area (Å²) < 4.78 is 5.82. The van der Waals surface area contributed by atoms with Crippen molar-refractivity contribution in [2.45, 2.75) is 25.8 Å². The fraction of sp³-hybridized carbons (Fsp3) is 0.625. The number of ether oxygens (including phenoxy) is 1. The molecule has 74 valence electrons. The van der Waals surface area contributed by atoms with Gasteiger partial charge in [0.25, 0.3) is 0 Å². The predicted octanol–water partition coefficient (Wildman–Crippen LogP) is 1.64. The maximum Gasteiger partial charge on any atom is 0.430 e. The number of hydrogen-bond acceptors (Lipinski definition) is 3. The topological polar surface area (TPSA) is 49.8 Å². The number of cyclic esters (lactones) is 1.